The van der Waals surface area contributed by atoms with E-state index in [2.05, 4.69) is 50.3 Å². The van der Waals surface area contributed by atoms with Crippen molar-refractivity contribution in [1.29, 1.82) is 0 Å². The summed E-state index contributed by atoms with van der Waals surface area (Å²) in [5.41, 5.74) is 4.67. The summed E-state index contributed by atoms with van der Waals surface area (Å²) in [5.74, 6) is 0.652. The van der Waals surface area contributed by atoms with Gasteiger partial charge in [-0.1, -0.05) is 18.2 Å². The van der Waals surface area contributed by atoms with Gasteiger partial charge in [0, 0.05) is 26.6 Å². The number of nitrogens with zero attached hydrogens (tertiary/aromatic N) is 1. The summed E-state index contributed by atoms with van der Waals surface area (Å²) in [7, 11) is 0. The summed E-state index contributed by atoms with van der Waals surface area (Å²) in [6.07, 6.45) is 5.33. The van der Waals surface area contributed by atoms with Gasteiger partial charge in [0.2, 0.25) is 0 Å². The largest absolute Gasteiger partial charge is 0.322 e. The van der Waals surface area contributed by atoms with Crippen LogP contribution in [0.1, 0.15) is 28.8 Å². The van der Waals surface area contributed by atoms with E-state index in [-0.39, 0.29) is 5.91 Å². The van der Waals surface area contributed by atoms with Gasteiger partial charge in [-0.2, -0.15) is 0 Å². The molecule has 1 aliphatic heterocycles. The molecule has 0 unspecified atom stereocenters. The summed E-state index contributed by atoms with van der Waals surface area (Å²) in [4.78, 5) is 17.1. The fourth-order valence-corrected chi connectivity index (χ4v) is 4.35. The molecule has 2 heterocycles. The first-order valence-corrected chi connectivity index (χ1v) is 11.1. The van der Waals surface area contributed by atoms with Gasteiger partial charge in [-0.05, 0) is 109 Å². The smallest absolute Gasteiger partial charge is 0.255 e. The number of aromatic nitrogens is 1. The SMILES string of the molecule is O=C(Nc1ccc(I)c(-c2ccccn2)c1)c1ccc(CC2CCNCC2)cc1. The number of piperidine rings is 1. The Morgan fingerprint density at radius 1 is 1.07 bits per heavy atom. The maximum absolute atomic E-state index is 12.7. The van der Waals surface area contributed by atoms with Gasteiger partial charge >= 0.3 is 0 Å². The summed E-state index contributed by atoms with van der Waals surface area (Å²) in [6, 6.07) is 19.8. The van der Waals surface area contributed by atoms with Crippen LogP contribution >= 0.6 is 22.6 Å². The van der Waals surface area contributed by atoms with Crippen molar-refractivity contribution in [3.8, 4) is 11.3 Å². The van der Waals surface area contributed by atoms with Gasteiger partial charge in [0.15, 0.2) is 0 Å². The lowest BCUT2D eigenvalue weighted by Gasteiger charge is -2.22. The molecule has 148 valence electrons. The quantitative estimate of drug-likeness (QED) is 0.480. The molecule has 1 amide bonds. The van der Waals surface area contributed by atoms with Crippen molar-refractivity contribution < 1.29 is 4.79 Å². The molecular weight excluding hydrogens is 473 g/mol. The molecule has 5 heteroatoms. The highest BCUT2D eigenvalue weighted by Crippen LogP contribution is 2.27. The van der Waals surface area contributed by atoms with E-state index in [1.54, 1.807) is 6.20 Å². The summed E-state index contributed by atoms with van der Waals surface area (Å²) >= 11 is 2.30. The Hall–Kier alpha value is -2.25. The van der Waals surface area contributed by atoms with E-state index in [1.807, 2.05) is 48.5 Å². The Labute approximate surface area is 185 Å². The normalized spacial score (nSPS) is 14.5. The third-order valence-electron chi connectivity index (χ3n) is 5.36. The first-order valence-electron chi connectivity index (χ1n) is 10.0. The molecule has 29 heavy (non-hydrogen) atoms. The van der Waals surface area contributed by atoms with Crippen LogP contribution in [-0.2, 0) is 6.42 Å². The van der Waals surface area contributed by atoms with Crippen LogP contribution in [0.2, 0.25) is 0 Å². The van der Waals surface area contributed by atoms with Crippen molar-refractivity contribution in [2.45, 2.75) is 19.3 Å². The van der Waals surface area contributed by atoms with Crippen LogP contribution in [-0.4, -0.2) is 24.0 Å². The zero-order valence-corrected chi connectivity index (χ0v) is 18.4. The van der Waals surface area contributed by atoms with Crippen LogP contribution < -0.4 is 10.6 Å². The predicted molar refractivity (Wildman–Crippen MR) is 126 cm³/mol. The molecule has 0 radical (unpaired) electrons. The molecule has 0 bridgehead atoms. The number of pyridine rings is 1. The van der Waals surface area contributed by atoms with Gasteiger partial charge < -0.3 is 10.6 Å². The third-order valence-corrected chi connectivity index (χ3v) is 6.30. The highest BCUT2D eigenvalue weighted by atomic mass is 127. The molecule has 2 N–H and O–H groups in total. The van der Waals surface area contributed by atoms with Gasteiger partial charge in [-0.25, -0.2) is 0 Å². The van der Waals surface area contributed by atoms with E-state index in [0.717, 1.165) is 45.9 Å². The maximum atomic E-state index is 12.7. The van der Waals surface area contributed by atoms with Gasteiger partial charge in [0.25, 0.3) is 5.91 Å². The topological polar surface area (TPSA) is 54.0 Å². The molecule has 2 aromatic carbocycles. The zero-order chi connectivity index (χ0) is 20.1. The number of hydrogen-bond donors (Lipinski definition) is 2. The molecule has 0 saturated carbocycles. The fraction of sp³-hybridized carbons (Fsp3) is 0.250. The molecule has 1 saturated heterocycles. The Kier molecular flexibility index (Phi) is 6.56. The average Bonchev–Trinajstić information content (AvgIpc) is 2.77. The first kappa shape index (κ1) is 20.0. The second-order valence-corrected chi connectivity index (χ2v) is 8.62. The monoisotopic (exact) mass is 497 g/mol. The number of hydrogen-bond acceptors (Lipinski definition) is 3. The second-order valence-electron chi connectivity index (χ2n) is 7.46. The van der Waals surface area contributed by atoms with E-state index >= 15 is 0 Å². The van der Waals surface area contributed by atoms with E-state index in [0.29, 0.717) is 5.56 Å². The number of rotatable bonds is 5. The van der Waals surface area contributed by atoms with Gasteiger partial charge in [0.1, 0.15) is 0 Å². The number of carbonyl (C=O) groups is 1. The van der Waals surface area contributed by atoms with Crippen LogP contribution in [0.3, 0.4) is 0 Å². The van der Waals surface area contributed by atoms with Crippen molar-refractivity contribution in [2.24, 2.45) is 5.92 Å². The van der Waals surface area contributed by atoms with E-state index in [4.69, 9.17) is 0 Å². The lowest BCUT2D eigenvalue weighted by Crippen LogP contribution is -2.28. The number of carbonyl (C=O) groups excluding carboxylic acids is 1. The molecule has 1 aromatic heterocycles. The molecule has 0 aliphatic carbocycles. The van der Waals surface area contributed by atoms with Crippen LogP contribution in [0.5, 0.6) is 0 Å². The maximum Gasteiger partial charge on any atom is 0.255 e. The molecule has 4 rings (SSSR count). The number of halogens is 1. The van der Waals surface area contributed by atoms with Gasteiger partial charge in [-0.15, -0.1) is 0 Å². The average molecular weight is 497 g/mol. The van der Waals surface area contributed by atoms with Gasteiger partial charge in [-0.3, -0.25) is 9.78 Å². The van der Waals surface area contributed by atoms with Crippen LogP contribution in [0.25, 0.3) is 11.3 Å². The summed E-state index contributed by atoms with van der Waals surface area (Å²) in [5, 5.41) is 6.43. The summed E-state index contributed by atoms with van der Waals surface area (Å²) in [6.45, 7) is 2.23. The standard InChI is InChI=1S/C24H24IN3O/c25-22-9-8-20(16-21(22)23-3-1-2-12-27-23)28-24(29)19-6-4-17(5-7-19)15-18-10-13-26-14-11-18/h1-9,12,16,18,26H,10-11,13-15H2,(H,28,29). The minimum atomic E-state index is -0.0911. The Morgan fingerprint density at radius 3 is 2.59 bits per heavy atom. The van der Waals surface area contributed by atoms with E-state index < -0.39 is 0 Å². The number of amides is 1. The molecule has 4 nitrogen and oxygen atoms in total. The van der Waals surface area contributed by atoms with Crippen molar-refractivity contribution in [3.63, 3.8) is 0 Å². The lowest BCUT2D eigenvalue weighted by atomic mass is 9.91. The molecule has 3 aromatic rings. The lowest BCUT2D eigenvalue weighted by molar-refractivity contribution is 0.102. The van der Waals surface area contributed by atoms with Crippen LogP contribution in [0.15, 0.2) is 66.9 Å². The van der Waals surface area contributed by atoms with Crippen molar-refractivity contribution in [1.82, 2.24) is 10.3 Å². The van der Waals surface area contributed by atoms with Crippen molar-refractivity contribution in [2.75, 3.05) is 18.4 Å². The Morgan fingerprint density at radius 2 is 1.86 bits per heavy atom. The van der Waals surface area contributed by atoms with Crippen LogP contribution in [0.4, 0.5) is 5.69 Å². The fourth-order valence-electron chi connectivity index (χ4n) is 3.74. The molecule has 1 aliphatic rings. The first-order chi connectivity index (χ1) is 14.2. The molecule has 0 spiro atoms. The van der Waals surface area contributed by atoms with Gasteiger partial charge in [0.05, 0.1) is 5.69 Å². The number of anilines is 1. The third kappa shape index (κ3) is 5.22. The minimum absolute atomic E-state index is 0.0911. The number of nitrogens with one attached hydrogen (secondary N) is 2. The molecule has 1 fully saturated rings. The molecule has 0 atom stereocenters. The van der Waals surface area contributed by atoms with Crippen molar-refractivity contribution >= 4 is 34.2 Å². The van der Waals surface area contributed by atoms with E-state index in [9.17, 15) is 4.79 Å². The zero-order valence-electron chi connectivity index (χ0n) is 16.2. The molecular formula is C24H24IN3O. The number of benzene rings is 2. The second kappa shape index (κ2) is 9.50. The van der Waals surface area contributed by atoms with Crippen LogP contribution in [0, 0.1) is 9.49 Å². The highest BCUT2D eigenvalue weighted by Gasteiger charge is 2.14. The summed E-state index contributed by atoms with van der Waals surface area (Å²) < 4.78 is 1.10. The van der Waals surface area contributed by atoms with E-state index in [1.165, 1.54) is 18.4 Å². The predicted octanol–water partition coefficient (Wildman–Crippen LogP) is 5.15. The van der Waals surface area contributed by atoms with Crippen molar-refractivity contribution in [3.05, 3.63) is 81.6 Å². The Bertz CT molecular complexity index is 967. The minimum Gasteiger partial charge on any atom is -0.322 e. The Balaban J connectivity index is 1.44. The highest BCUT2D eigenvalue weighted by molar-refractivity contribution is 14.1.